The average Bonchev–Trinajstić information content (AvgIpc) is 3.19. The molecule has 3 aliphatic carbocycles. The molecule has 8 heteroatoms. The summed E-state index contributed by atoms with van der Waals surface area (Å²) >= 11 is 0. The highest BCUT2D eigenvalue weighted by Crippen LogP contribution is 2.52. The molecule has 0 radical (unpaired) electrons. The Hall–Kier alpha value is -2.87. The molecule has 2 atom stereocenters. The van der Waals surface area contributed by atoms with Gasteiger partial charge in [-0.15, -0.1) is 0 Å². The third kappa shape index (κ3) is 3.29. The van der Waals surface area contributed by atoms with E-state index in [1.54, 1.807) is 0 Å². The molecule has 0 aliphatic heterocycles. The van der Waals surface area contributed by atoms with Crippen LogP contribution in [0.25, 0.3) is 22.2 Å². The van der Waals surface area contributed by atoms with E-state index in [0.29, 0.717) is 22.7 Å². The highest BCUT2D eigenvalue weighted by atomic mass is 16.5. The van der Waals surface area contributed by atoms with Crippen molar-refractivity contribution < 1.29 is 4.74 Å². The highest BCUT2D eigenvalue weighted by molar-refractivity contribution is 5.99. The van der Waals surface area contributed by atoms with E-state index >= 15 is 0 Å². The summed E-state index contributed by atoms with van der Waals surface area (Å²) < 4.78 is 8.03. The van der Waals surface area contributed by atoms with Crippen molar-refractivity contribution >= 4 is 16.7 Å². The lowest BCUT2D eigenvalue weighted by Crippen LogP contribution is -2.29. The van der Waals surface area contributed by atoms with Crippen molar-refractivity contribution in [3.05, 3.63) is 34.6 Å². The molecule has 3 saturated carbocycles. The van der Waals surface area contributed by atoms with Gasteiger partial charge in [0.15, 0.2) is 5.82 Å². The van der Waals surface area contributed by atoms with Gasteiger partial charge in [-0.2, -0.15) is 10.2 Å². The zero-order chi connectivity index (χ0) is 21.1. The van der Waals surface area contributed by atoms with Gasteiger partial charge >= 0.3 is 0 Å². The number of fused-ring (bicyclic) bond motifs is 2. The lowest BCUT2D eigenvalue weighted by Gasteiger charge is -2.26. The molecule has 2 unspecified atom stereocenters. The fraction of sp³-hybridized carbons (Fsp3) is 0.522. The number of hydrogen-bond donors (Lipinski definition) is 3. The van der Waals surface area contributed by atoms with Crippen molar-refractivity contribution in [2.75, 3.05) is 5.73 Å². The maximum Gasteiger partial charge on any atom is 0.290 e. The first-order valence-corrected chi connectivity index (χ1v) is 11.4. The smallest absolute Gasteiger partial charge is 0.290 e. The predicted molar refractivity (Wildman–Crippen MR) is 119 cm³/mol. The van der Waals surface area contributed by atoms with Gasteiger partial charge in [-0.1, -0.05) is 0 Å². The normalized spacial score (nSPS) is 29.8. The van der Waals surface area contributed by atoms with Crippen molar-refractivity contribution in [3.63, 3.8) is 0 Å². The van der Waals surface area contributed by atoms with Crippen molar-refractivity contribution in [1.29, 1.82) is 0 Å². The van der Waals surface area contributed by atoms with E-state index in [2.05, 4.69) is 10.2 Å². The van der Waals surface area contributed by atoms with Crippen LogP contribution in [0.2, 0.25) is 0 Å². The van der Waals surface area contributed by atoms with Gasteiger partial charge in [-0.3, -0.25) is 9.48 Å². The summed E-state index contributed by atoms with van der Waals surface area (Å²) in [5.74, 6) is 2.95. The number of nitrogens with one attached hydrogen (secondary N) is 1. The number of aromatic nitrogens is 4. The van der Waals surface area contributed by atoms with Crippen LogP contribution in [0.15, 0.2) is 29.1 Å². The molecule has 6 rings (SSSR count). The second kappa shape index (κ2) is 7.09. The molecule has 3 fully saturated rings. The third-order valence-corrected chi connectivity index (χ3v) is 7.38. The monoisotopic (exact) mass is 420 g/mol. The molecule has 8 nitrogen and oxygen atoms in total. The molecular weight excluding hydrogens is 392 g/mol. The summed E-state index contributed by atoms with van der Waals surface area (Å²) in [4.78, 5) is 12.7. The molecular formula is C23H28N6O2. The topological polar surface area (TPSA) is 125 Å². The third-order valence-electron chi connectivity index (χ3n) is 7.38. The van der Waals surface area contributed by atoms with Gasteiger partial charge in [0.2, 0.25) is 0 Å². The van der Waals surface area contributed by atoms with Crippen LogP contribution >= 0.6 is 0 Å². The number of benzene rings is 1. The second-order valence-corrected chi connectivity index (χ2v) is 9.51. The Kier molecular flexibility index (Phi) is 4.31. The number of anilines is 1. The minimum absolute atomic E-state index is 0.135. The fourth-order valence-corrected chi connectivity index (χ4v) is 5.57. The molecule has 5 N–H and O–H groups in total. The minimum atomic E-state index is -0.266. The zero-order valence-corrected chi connectivity index (χ0v) is 17.5. The van der Waals surface area contributed by atoms with E-state index in [0.717, 1.165) is 48.8 Å². The number of nitrogens with two attached hydrogens (primary N) is 2. The molecule has 31 heavy (non-hydrogen) atoms. The molecule has 1 aromatic carbocycles. The van der Waals surface area contributed by atoms with E-state index in [9.17, 15) is 4.79 Å². The molecule has 3 aromatic rings. The number of aromatic amines is 1. The number of hydrogen-bond acceptors (Lipinski definition) is 6. The molecule has 162 valence electrons. The van der Waals surface area contributed by atoms with E-state index in [-0.39, 0.29) is 23.5 Å². The summed E-state index contributed by atoms with van der Waals surface area (Å²) in [5, 5.41) is 12.0. The van der Waals surface area contributed by atoms with E-state index in [1.807, 2.05) is 28.9 Å². The first kappa shape index (κ1) is 18.9. The first-order valence-electron chi connectivity index (χ1n) is 11.4. The van der Waals surface area contributed by atoms with E-state index in [1.165, 1.54) is 19.3 Å². The molecule has 2 heterocycles. The average molecular weight is 421 g/mol. The van der Waals surface area contributed by atoms with Crippen molar-refractivity contribution in [1.82, 2.24) is 20.0 Å². The molecule has 0 amide bonds. The molecule has 2 aromatic heterocycles. The van der Waals surface area contributed by atoms with Crippen LogP contribution in [-0.2, 0) is 0 Å². The fourth-order valence-electron chi connectivity index (χ4n) is 5.57. The van der Waals surface area contributed by atoms with Gasteiger partial charge in [0.05, 0.1) is 17.5 Å². The van der Waals surface area contributed by atoms with Crippen LogP contribution in [0, 0.1) is 11.8 Å². The maximum absolute atomic E-state index is 12.7. The van der Waals surface area contributed by atoms with Crippen LogP contribution in [0.5, 0.6) is 5.75 Å². The Labute approximate surface area is 180 Å². The minimum Gasteiger partial charge on any atom is -0.490 e. The van der Waals surface area contributed by atoms with E-state index < -0.39 is 0 Å². The Balaban J connectivity index is 1.35. The van der Waals surface area contributed by atoms with Crippen LogP contribution in [0.3, 0.4) is 0 Å². The molecule has 3 aliphatic rings. The van der Waals surface area contributed by atoms with Gasteiger partial charge < -0.3 is 16.2 Å². The summed E-state index contributed by atoms with van der Waals surface area (Å²) in [6, 6.07) is 8.32. The van der Waals surface area contributed by atoms with Crippen LogP contribution in [0.4, 0.5) is 5.82 Å². The maximum atomic E-state index is 12.7. The van der Waals surface area contributed by atoms with Gasteiger partial charge in [0.25, 0.3) is 5.56 Å². The van der Waals surface area contributed by atoms with Gasteiger partial charge in [0, 0.05) is 11.6 Å². The Morgan fingerprint density at radius 3 is 2.45 bits per heavy atom. The predicted octanol–water partition coefficient (Wildman–Crippen LogP) is 2.99. The van der Waals surface area contributed by atoms with Crippen molar-refractivity contribution in [2.45, 2.75) is 63.1 Å². The van der Waals surface area contributed by atoms with Gasteiger partial charge in [0.1, 0.15) is 17.0 Å². The van der Waals surface area contributed by atoms with Crippen LogP contribution in [-0.4, -0.2) is 32.1 Å². The molecule has 0 spiro atoms. The first-order chi connectivity index (χ1) is 15.1. The van der Waals surface area contributed by atoms with Gasteiger partial charge in [-0.25, -0.2) is 5.10 Å². The second-order valence-electron chi connectivity index (χ2n) is 9.51. The molecule has 0 saturated heterocycles. The SMILES string of the molecule is Nc1n[nH]c(=O)c2c1c(-c1ccc(OC3CC4CC4C3)cc1)nn2C1CCC(N)CC1. The summed E-state index contributed by atoms with van der Waals surface area (Å²) in [5.41, 5.74) is 14.1. The lowest BCUT2D eigenvalue weighted by atomic mass is 9.92. The largest absolute Gasteiger partial charge is 0.490 e. The highest BCUT2D eigenvalue weighted by Gasteiger charge is 2.46. The van der Waals surface area contributed by atoms with E-state index in [4.69, 9.17) is 21.3 Å². The Morgan fingerprint density at radius 1 is 1.03 bits per heavy atom. The van der Waals surface area contributed by atoms with Crippen molar-refractivity contribution in [2.24, 2.45) is 17.6 Å². The van der Waals surface area contributed by atoms with Crippen LogP contribution < -0.4 is 21.8 Å². The summed E-state index contributed by atoms with van der Waals surface area (Å²) in [7, 11) is 0. The number of ether oxygens (including phenoxy) is 1. The molecule has 0 bridgehead atoms. The zero-order valence-electron chi connectivity index (χ0n) is 17.5. The Bertz CT molecular complexity index is 1170. The quantitative estimate of drug-likeness (QED) is 0.596. The standard InChI is InChI=1S/C23H28N6O2/c24-15-3-5-16(6-4-15)29-21-19(22(25)26-27-23(21)30)20(28-29)12-1-7-17(8-2-12)31-18-10-13-9-14(13)11-18/h1-2,7-8,13-16,18H,3-6,9-11,24H2,(H2,25,26)(H,27,30). The number of H-pyrrole nitrogens is 1. The Morgan fingerprint density at radius 2 is 1.74 bits per heavy atom. The summed E-state index contributed by atoms with van der Waals surface area (Å²) in [6.07, 6.45) is 7.73. The van der Waals surface area contributed by atoms with Crippen LogP contribution in [0.1, 0.15) is 51.0 Å². The van der Waals surface area contributed by atoms with Crippen molar-refractivity contribution in [3.8, 4) is 17.0 Å². The lowest BCUT2D eigenvalue weighted by molar-refractivity contribution is 0.194. The van der Waals surface area contributed by atoms with Gasteiger partial charge in [-0.05, 0) is 81.0 Å². The number of rotatable bonds is 4. The summed E-state index contributed by atoms with van der Waals surface area (Å²) in [6.45, 7) is 0. The number of nitrogen functional groups attached to an aromatic ring is 1. The number of nitrogens with zero attached hydrogens (tertiary/aromatic N) is 3.